The number of esters is 1. The number of unbranched alkanes of at least 4 members (excludes halogenated alkanes) is 13. The van der Waals surface area contributed by atoms with E-state index in [-0.39, 0.29) is 13.0 Å². The zero-order valence-corrected chi connectivity index (χ0v) is 20.0. The Balaban J connectivity index is 1.93. The van der Waals surface area contributed by atoms with Gasteiger partial charge < -0.3 is 10.1 Å². The maximum atomic E-state index is 13.6. The third-order valence-electron chi connectivity index (χ3n) is 5.66. The molecule has 0 heterocycles. The van der Waals surface area contributed by atoms with Crippen molar-refractivity contribution in [1.82, 2.24) is 5.32 Å². The van der Waals surface area contributed by atoms with Gasteiger partial charge in [0.05, 0.1) is 18.6 Å². The van der Waals surface area contributed by atoms with Gasteiger partial charge in [-0.2, -0.15) is 0 Å². The fourth-order valence-electron chi connectivity index (χ4n) is 3.63. The number of carbonyl (C=O) groups is 2. The van der Waals surface area contributed by atoms with Gasteiger partial charge in [-0.25, -0.2) is 13.2 Å². The molecule has 0 unspecified atom stereocenters. The van der Waals surface area contributed by atoms with Gasteiger partial charge in [0.25, 0.3) is 5.91 Å². The van der Waals surface area contributed by atoms with E-state index in [1.807, 2.05) is 0 Å². The zero-order valence-electron chi connectivity index (χ0n) is 20.0. The maximum absolute atomic E-state index is 13.6. The summed E-state index contributed by atoms with van der Waals surface area (Å²) in [5.74, 6) is -5.99. The Hall–Kier alpha value is -2.05. The molecule has 0 fully saturated rings. The second-order valence-corrected chi connectivity index (χ2v) is 8.55. The number of halogens is 3. The van der Waals surface area contributed by atoms with Gasteiger partial charge in [0.2, 0.25) is 0 Å². The smallest absolute Gasteiger partial charge is 0.307 e. The Kier molecular flexibility index (Phi) is 16.1. The van der Waals surface area contributed by atoms with Gasteiger partial charge in [-0.05, 0) is 18.6 Å². The van der Waals surface area contributed by atoms with Crippen LogP contribution in [-0.2, 0) is 9.53 Å². The highest BCUT2D eigenvalue weighted by Crippen LogP contribution is 2.15. The minimum absolute atomic E-state index is 0.0738. The number of carbonyl (C=O) groups excluding carboxylic acids is 2. The molecule has 0 atom stereocenters. The second-order valence-electron chi connectivity index (χ2n) is 8.55. The van der Waals surface area contributed by atoms with E-state index in [1.54, 1.807) is 0 Å². The number of amides is 1. The van der Waals surface area contributed by atoms with Gasteiger partial charge in [0, 0.05) is 6.54 Å². The predicted molar refractivity (Wildman–Crippen MR) is 125 cm³/mol. The summed E-state index contributed by atoms with van der Waals surface area (Å²) >= 11 is 0. The van der Waals surface area contributed by atoms with Crippen molar-refractivity contribution in [2.75, 3.05) is 13.2 Å². The fraction of sp³-hybridized carbons (Fsp3) is 0.692. The lowest BCUT2D eigenvalue weighted by Crippen LogP contribution is -2.27. The van der Waals surface area contributed by atoms with E-state index in [0.717, 1.165) is 25.3 Å². The van der Waals surface area contributed by atoms with Crippen molar-refractivity contribution in [2.24, 2.45) is 0 Å². The first-order valence-electron chi connectivity index (χ1n) is 12.5. The molecule has 0 aliphatic heterocycles. The first-order chi connectivity index (χ1) is 16.0. The van der Waals surface area contributed by atoms with Crippen molar-refractivity contribution in [3.05, 3.63) is 35.1 Å². The molecule has 0 aromatic heterocycles. The van der Waals surface area contributed by atoms with Crippen LogP contribution in [0.4, 0.5) is 13.2 Å². The second kappa shape index (κ2) is 18.4. The monoisotopic (exact) mass is 471 g/mol. The van der Waals surface area contributed by atoms with Crippen molar-refractivity contribution in [3.8, 4) is 0 Å². The van der Waals surface area contributed by atoms with Crippen molar-refractivity contribution in [3.63, 3.8) is 0 Å². The van der Waals surface area contributed by atoms with E-state index >= 15 is 0 Å². The van der Waals surface area contributed by atoms with Gasteiger partial charge in [-0.1, -0.05) is 90.4 Å². The van der Waals surface area contributed by atoms with Crippen molar-refractivity contribution in [1.29, 1.82) is 0 Å². The summed E-state index contributed by atoms with van der Waals surface area (Å²) in [5.41, 5.74) is -0.607. The summed E-state index contributed by atoms with van der Waals surface area (Å²) < 4.78 is 44.8. The quantitative estimate of drug-likeness (QED) is 0.131. The van der Waals surface area contributed by atoms with Crippen LogP contribution in [0.15, 0.2) is 12.1 Å². The molecule has 1 aromatic rings. The molecule has 33 heavy (non-hydrogen) atoms. The summed E-state index contributed by atoms with van der Waals surface area (Å²) in [6, 6.07) is 1.54. The van der Waals surface area contributed by atoms with Crippen LogP contribution in [0.5, 0.6) is 0 Å². The zero-order chi connectivity index (χ0) is 24.3. The third-order valence-corrected chi connectivity index (χ3v) is 5.66. The number of ether oxygens (including phenoxy) is 1. The molecular formula is C26H40F3NO3. The molecule has 4 nitrogen and oxygen atoms in total. The Bertz CT molecular complexity index is 698. The van der Waals surface area contributed by atoms with E-state index < -0.39 is 34.9 Å². The highest BCUT2D eigenvalue weighted by molar-refractivity contribution is 5.94. The normalized spacial score (nSPS) is 10.9. The lowest BCUT2D eigenvalue weighted by Gasteiger charge is -2.08. The van der Waals surface area contributed by atoms with Crippen LogP contribution in [-0.4, -0.2) is 25.0 Å². The summed E-state index contributed by atoms with van der Waals surface area (Å²) in [4.78, 5) is 23.5. The predicted octanol–water partition coefficient (Wildman–Crippen LogP) is 7.25. The van der Waals surface area contributed by atoms with Crippen LogP contribution in [0.25, 0.3) is 0 Å². The van der Waals surface area contributed by atoms with Gasteiger partial charge >= 0.3 is 5.97 Å². The number of rotatable bonds is 19. The molecule has 188 valence electrons. The molecule has 1 N–H and O–H groups in total. The van der Waals surface area contributed by atoms with Gasteiger partial charge in [0.1, 0.15) is 0 Å². The summed E-state index contributed by atoms with van der Waals surface area (Å²) in [6.45, 7) is 2.50. The molecule has 0 aliphatic rings. The lowest BCUT2D eigenvalue weighted by molar-refractivity contribution is -0.143. The standard InChI is InChI=1S/C26H40F3NO3/c1-2-3-4-5-6-7-8-9-10-11-12-13-14-15-20-33-23(31)18-19-30-26(32)21-16-17-22(27)25(29)24(21)28/h16-17H,2-15,18-20H2,1H3,(H,30,32). The van der Waals surface area contributed by atoms with Crippen LogP contribution in [0.1, 0.15) is 114 Å². The van der Waals surface area contributed by atoms with Crippen LogP contribution in [0.3, 0.4) is 0 Å². The lowest BCUT2D eigenvalue weighted by atomic mass is 10.0. The fourth-order valence-corrected chi connectivity index (χ4v) is 3.63. The molecule has 1 rings (SSSR count). The third kappa shape index (κ3) is 13.3. The highest BCUT2D eigenvalue weighted by Gasteiger charge is 2.18. The molecule has 0 aliphatic carbocycles. The molecule has 0 saturated heterocycles. The number of nitrogens with one attached hydrogen (secondary N) is 1. The first-order valence-corrected chi connectivity index (χ1v) is 12.5. The van der Waals surface area contributed by atoms with Crippen molar-refractivity contribution in [2.45, 2.75) is 103 Å². The van der Waals surface area contributed by atoms with Gasteiger partial charge in [0.15, 0.2) is 17.5 Å². The van der Waals surface area contributed by atoms with Gasteiger partial charge in [-0.15, -0.1) is 0 Å². The molecule has 0 radical (unpaired) electrons. The van der Waals surface area contributed by atoms with Gasteiger partial charge in [-0.3, -0.25) is 9.59 Å². The van der Waals surface area contributed by atoms with Crippen LogP contribution in [0.2, 0.25) is 0 Å². The van der Waals surface area contributed by atoms with Crippen LogP contribution < -0.4 is 5.32 Å². The van der Waals surface area contributed by atoms with E-state index in [2.05, 4.69) is 12.2 Å². The number of hydrogen-bond acceptors (Lipinski definition) is 3. The summed E-state index contributed by atoms with van der Waals surface area (Å²) in [7, 11) is 0. The first kappa shape index (κ1) is 29.0. The topological polar surface area (TPSA) is 55.4 Å². The Morgan fingerprint density at radius 2 is 1.27 bits per heavy atom. The van der Waals surface area contributed by atoms with Crippen LogP contribution >= 0.6 is 0 Å². The SMILES string of the molecule is CCCCCCCCCCCCCCCCOC(=O)CCNC(=O)c1ccc(F)c(F)c1F. The molecule has 7 heteroatoms. The average Bonchev–Trinajstić information content (AvgIpc) is 2.80. The molecule has 1 amide bonds. The molecular weight excluding hydrogens is 431 g/mol. The molecule has 1 aromatic carbocycles. The van der Waals surface area contributed by atoms with E-state index in [4.69, 9.17) is 4.74 Å². The average molecular weight is 472 g/mol. The molecule has 0 bridgehead atoms. The Morgan fingerprint density at radius 1 is 0.758 bits per heavy atom. The molecule has 0 spiro atoms. The number of benzene rings is 1. The summed E-state index contributed by atoms with van der Waals surface area (Å²) in [6.07, 6.45) is 17.5. The maximum Gasteiger partial charge on any atom is 0.307 e. The van der Waals surface area contributed by atoms with E-state index in [9.17, 15) is 22.8 Å². The van der Waals surface area contributed by atoms with E-state index in [0.29, 0.717) is 12.7 Å². The highest BCUT2D eigenvalue weighted by atomic mass is 19.2. The summed E-state index contributed by atoms with van der Waals surface area (Å²) in [5, 5.41) is 2.30. The van der Waals surface area contributed by atoms with Crippen molar-refractivity contribution < 1.29 is 27.5 Å². The van der Waals surface area contributed by atoms with E-state index in [1.165, 1.54) is 70.6 Å². The minimum Gasteiger partial charge on any atom is -0.466 e. The Labute approximate surface area is 196 Å². The number of hydrogen-bond donors (Lipinski definition) is 1. The molecule has 0 saturated carbocycles. The van der Waals surface area contributed by atoms with Crippen molar-refractivity contribution >= 4 is 11.9 Å². The van der Waals surface area contributed by atoms with Crippen LogP contribution in [0, 0.1) is 17.5 Å². The Morgan fingerprint density at radius 3 is 1.82 bits per heavy atom. The minimum atomic E-state index is -1.70. The largest absolute Gasteiger partial charge is 0.466 e.